The Kier molecular flexibility index (Phi) is 5.95. The lowest BCUT2D eigenvalue weighted by molar-refractivity contribution is -0.128. The van der Waals surface area contributed by atoms with Crippen molar-refractivity contribution in [3.05, 3.63) is 29.3 Å². The third-order valence-corrected chi connectivity index (χ3v) is 4.53. The highest BCUT2D eigenvalue weighted by atomic mass is 35.5. The second kappa shape index (κ2) is 7.53. The largest absolute Gasteiger partial charge is 0.481 e. The van der Waals surface area contributed by atoms with Crippen LogP contribution in [-0.2, 0) is 4.79 Å². The summed E-state index contributed by atoms with van der Waals surface area (Å²) < 4.78 is 5.66. The van der Waals surface area contributed by atoms with Crippen LogP contribution in [0.3, 0.4) is 0 Å². The lowest BCUT2D eigenvalue weighted by Crippen LogP contribution is -2.50. The summed E-state index contributed by atoms with van der Waals surface area (Å²) in [6.07, 6.45) is 3.98. The van der Waals surface area contributed by atoms with Crippen molar-refractivity contribution in [2.75, 3.05) is 0 Å². The summed E-state index contributed by atoms with van der Waals surface area (Å²) in [6, 6.07) is 8.52. The van der Waals surface area contributed by atoms with E-state index in [1.807, 2.05) is 6.07 Å². The van der Waals surface area contributed by atoms with E-state index in [2.05, 4.69) is 10.6 Å². The van der Waals surface area contributed by atoms with Gasteiger partial charge < -0.3 is 15.4 Å². The van der Waals surface area contributed by atoms with Crippen LogP contribution in [0.1, 0.15) is 32.6 Å². The topological polar surface area (TPSA) is 50.4 Å². The van der Waals surface area contributed by atoms with Crippen LogP contribution in [0.5, 0.6) is 5.75 Å². The van der Waals surface area contributed by atoms with E-state index in [-0.39, 0.29) is 24.4 Å². The lowest BCUT2D eigenvalue weighted by Gasteiger charge is -2.30. The molecule has 3 atom stereocenters. The number of carbonyl (C=O) groups excluding carboxylic acids is 1. The van der Waals surface area contributed by atoms with Crippen molar-refractivity contribution >= 4 is 29.9 Å². The van der Waals surface area contributed by atoms with Crippen LogP contribution in [0.15, 0.2) is 24.3 Å². The van der Waals surface area contributed by atoms with Gasteiger partial charge in [-0.2, -0.15) is 0 Å². The van der Waals surface area contributed by atoms with E-state index in [1.54, 1.807) is 25.1 Å². The van der Waals surface area contributed by atoms with Crippen molar-refractivity contribution in [2.24, 2.45) is 0 Å². The molecule has 1 amide bonds. The van der Waals surface area contributed by atoms with Crippen LogP contribution in [0.2, 0.25) is 5.02 Å². The van der Waals surface area contributed by atoms with Crippen molar-refractivity contribution in [1.29, 1.82) is 0 Å². The lowest BCUT2D eigenvalue weighted by atomic mass is 9.99. The van der Waals surface area contributed by atoms with Crippen LogP contribution < -0.4 is 15.4 Å². The van der Waals surface area contributed by atoms with Crippen molar-refractivity contribution in [2.45, 2.75) is 56.8 Å². The number of benzene rings is 1. The Balaban J connectivity index is 0.00000176. The molecule has 0 aromatic heterocycles. The van der Waals surface area contributed by atoms with Gasteiger partial charge in [-0.1, -0.05) is 17.7 Å². The monoisotopic (exact) mass is 344 g/mol. The van der Waals surface area contributed by atoms with Gasteiger partial charge in [-0.05, 0) is 50.8 Å². The normalized spacial score (nSPS) is 27.6. The molecule has 122 valence electrons. The van der Waals surface area contributed by atoms with Crippen LogP contribution in [0.25, 0.3) is 0 Å². The molecule has 2 heterocycles. The van der Waals surface area contributed by atoms with Crippen LogP contribution in [0, 0.1) is 0 Å². The van der Waals surface area contributed by atoms with E-state index in [4.69, 9.17) is 16.3 Å². The van der Waals surface area contributed by atoms with E-state index in [0.717, 1.165) is 12.8 Å². The quantitative estimate of drug-likeness (QED) is 0.882. The maximum Gasteiger partial charge on any atom is 0.260 e. The van der Waals surface area contributed by atoms with Crippen molar-refractivity contribution in [3.63, 3.8) is 0 Å². The summed E-state index contributed by atoms with van der Waals surface area (Å²) in [6.45, 7) is 1.77. The summed E-state index contributed by atoms with van der Waals surface area (Å²) in [5, 5.41) is 7.30. The fourth-order valence-corrected chi connectivity index (χ4v) is 3.47. The Morgan fingerprint density at radius 2 is 2.05 bits per heavy atom. The minimum absolute atomic E-state index is 0. The van der Waals surface area contributed by atoms with Crippen molar-refractivity contribution in [1.82, 2.24) is 10.6 Å². The number of hydrogen-bond acceptors (Lipinski definition) is 3. The standard InChI is InChI=1S/C16H21ClN2O2.ClH/c1-10(21-15-4-2-3-11(17)7-15)16(20)19-14-8-12-5-6-13(9-14)18-12;/h2-4,7,10,12-14,18H,5-6,8-9H2,1H3,(H,19,20);1H. The molecule has 2 aliphatic rings. The van der Waals surface area contributed by atoms with E-state index in [0.29, 0.717) is 22.9 Å². The van der Waals surface area contributed by atoms with Crippen molar-refractivity contribution in [3.8, 4) is 5.75 Å². The van der Waals surface area contributed by atoms with E-state index in [1.165, 1.54) is 12.8 Å². The smallest absolute Gasteiger partial charge is 0.260 e. The molecule has 0 saturated carbocycles. The fraction of sp³-hybridized carbons (Fsp3) is 0.562. The molecule has 2 bridgehead atoms. The van der Waals surface area contributed by atoms with E-state index in [9.17, 15) is 4.79 Å². The molecule has 3 rings (SSSR count). The molecule has 0 spiro atoms. The zero-order valence-electron chi connectivity index (χ0n) is 12.5. The zero-order valence-corrected chi connectivity index (χ0v) is 14.1. The molecule has 6 heteroatoms. The van der Waals surface area contributed by atoms with Gasteiger partial charge in [0.2, 0.25) is 0 Å². The number of piperidine rings is 1. The van der Waals surface area contributed by atoms with Gasteiger partial charge in [0.1, 0.15) is 5.75 Å². The second-order valence-electron chi connectivity index (χ2n) is 6.03. The molecule has 2 saturated heterocycles. The molecule has 2 aliphatic heterocycles. The molecule has 0 radical (unpaired) electrons. The molecule has 2 N–H and O–H groups in total. The number of amides is 1. The molecule has 3 unspecified atom stereocenters. The van der Waals surface area contributed by atoms with Gasteiger partial charge in [-0.15, -0.1) is 12.4 Å². The third-order valence-electron chi connectivity index (χ3n) is 4.30. The van der Waals surface area contributed by atoms with Gasteiger partial charge in [0.05, 0.1) is 0 Å². The van der Waals surface area contributed by atoms with Crippen LogP contribution >= 0.6 is 24.0 Å². The fourth-order valence-electron chi connectivity index (χ4n) is 3.29. The maximum absolute atomic E-state index is 12.2. The number of rotatable bonds is 4. The van der Waals surface area contributed by atoms with Gasteiger partial charge in [0.25, 0.3) is 5.91 Å². The highest BCUT2D eigenvalue weighted by Crippen LogP contribution is 2.27. The van der Waals surface area contributed by atoms with Gasteiger partial charge in [-0.3, -0.25) is 4.79 Å². The number of hydrogen-bond donors (Lipinski definition) is 2. The predicted molar refractivity (Wildman–Crippen MR) is 89.9 cm³/mol. The first-order valence-corrected chi connectivity index (χ1v) is 7.96. The highest BCUT2D eigenvalue weighted by Gasteiger charge is 2.34. The SMILES string of the molecule is CC(Oc1cccc(Cl)c1)C(=O)NC1CC2CCC(C1)N2.Cl. The van der Waals surface area contributed by atoms with Crippen LogP contribution in [0.4, 0.5) is 0 Å². The summed E-state index contributed by atoms with van der Waals surface area (Å²) >= 11 is 5.92. The number of ether oxygens (including phenoxy) is 1. The van der Waals surface area contributed by atoms with Crippen LogP contribution in [-0.4, -0.2) is 30.1 Å². The Labute approximate surface area is 142 Å². The average molecular weight is 345 g/mol. The Morgan fingerprint density at radius 3 is 2.68 bits per heavy atom. The van der Waals surface area contributed by atoms with Gasteiger partial charge in [0, 0.05) is 23.1 Å². The number of halogens is 2. The number of carbonyl (C=O) groups is 1. The molecule has 22 heavy (non-hydrogen) atoms. The Morgan fingerprint density at radius 1 is 1.36 bits per heavy atom. The molecule has 0 aliphatic carbocycles. The van der Waals surface area contributed by atoms with Gasteiger partial charge in [-0.25, -0.2) is 0 Å². The summed E-state index contributed by atoms with van der Waals surface area (Å²) in [7, 11) is 0. The Hall–Kier alpha value is -0.970. The first kappa shape index (κ1) is 17.4. The predicted octanol–water partition coefficient (Wildman–Crippen LogP) is 2.93. The highest BCUT2D eigenvalue weighted by molar-refractivity contribution is 6.30. The summed E-state index contributed by atoms with van der Waals surface area (Å²) in [5.41, 5.74) is 0. The molecular weight excluding hydrogens is 323 g/mol. The molecule has 1 aromatic carbocycles. The number of nitrogens with one attached hydrogen (secondary N) is 2. The minimum Gasteiger partial charge on any atom is -0.481 e. The number of fused-ring (bicyclic) bond motifs is 2. The first-order valence-electron chi connectivity index (χ1n) is 7.59. The Bertz CT molecular complexity index is 515. The molecule has 1 aromatic rings. The summed E-state index contributed by atoms with van der Waals surface area (Å²) in [4.78, 5) is 12.2. The van der Waals surface area contributed by atoms with Crippen molar-refractivity contribution < 1.29 is 9.53 Å². The van der Waals surface area contributed by atoms with E-state index < -0.39 is 6.10 Å². The average Bonchev–Trinajstić information content (AvgIpc) is 2.78. The maximum atomic E-state index is 12.2. The zero-order chi connectivity index (χ0) is 14.8. The molecular formula is C16H22Cl2N2O2. The van der Waals surface area contributed by atoms with Gasteiger partial charge >= 0.3 is 0 Å². The van der Waals surface area contributed by atoms with Gasteiger partial charge in [0.15, 0.2) is 6.10 Å². The first-order chi connectivity index (χ1) is 10.1. The van der Waals surface area contributed by atoms with E-state index >= 15 is 0 Å². The third kappa shape index (κ3) is 4.28. The molecule has 4 nitrogen and oxygen atoms in total. The molecule has 2 fully saturated rings. The second-order valence-corrected chi connectivity index (χ2v) is 6.47. The minimum atomic E-state index is -0.518. The summed E-state index contributed by atoms with van der Waals surface area (Å²) in [5.74, 6) is 0.566.